The highest BCUT2D eigenvalue weighted by Crippen LogP contribution is 2.39. The molecule has 6 heteroatoms. The molecule has 1 fully saturated rings. The average Bonchev–Trinajstić information content (AvgIpc) is 2.99. The lowest BCUT2D eigenvalue weighted by Gasteiger charge is -2.07. The van der Waals surface area contributed by atoms with E-state index in [1.165, 1.54) is 24.4 Å². The van der Waals surface area contributed by atoms with Crippen LogP contribution in [-0.2, 0) is 4.79 Å². The first-order valence-electron chi connectivity index (χ1n) is 6.02. The average molecular weight is 254 g/mol. The third kappa shape index (κ3) is 3.96. The monoisotopic (exact) mass is 254 g/mol. The molecule has 0 spiro atoms. The highest BCUT2D eigenvalue weighted by molar-refractivity contribution is 7.09. The first-order chi connectivity index (χ1) is 8.15. The van der Waals surface area contributed by atoms with Gasteiger partial charge >= 0.3 is 0 Å². The summed E-state index contributed by atoms with van der Waals surface area (Å²) in [6.07, 6.45) is 2.90. The smallest absolute Gasteiger partial charge is 0.221 e. The number of nitrogens with one attached hydrogen (secondary N) is 2. The van der Waals surface area contributed by atoms with E-state index in [1.54, 1.807) is 0 Å². The maximum atomic E-state index is 11.4. The number of amides is 1. The van der Waals surface area contributed by atoms with Crippen LogP contribution in [0.5, 0.6) is 0 Å². The van der Waals surface area contributed by atoms with E-state index in [2.05, 4.69) is 20.0 Å². The predicted molar refractivity (Wildman–Crippen MR) is 68.3 cm³/mol. The first-order valence-corrected chi connectivity index (χ1v) is 6.79. The van der Waals surface area contributed by atoms with Gasteiger partial charge < -0.3 is 10.6 Å². The lowest BCUT2D eigenvalue weighted by Crippen LogP contribution is -2.31. The van der Waals surface area contributed by atoms with Crippen molar-refractivity contribution in [2.75, 3.05) is 11.9 Å². The van der Waals surface area contributed by atoms with E-state index in [0.29, 0.717) is 18.9 Å². The van der Waals surface area contributed by atoms with Crippen LogP contribution in [0.25, 0.3) is 0 Å². The van der Waals surface area contributed by atoms with Crippen molar-refractivity contribution >= 4 is 22.6 Å². The Labute approximate surface area is 105 Å². The summed E-state index contributed by atoms with van der Waals surface area (Å²) in [6, 6.07) is 0.200. The Balaban J connectivity index is 1.68. The molecule has 0 radical (unpaired) electrons. The summed E-state index contributed by atoms with van der Waals surface area (Å²) in [7, 11) is 0. The molecule has 1 aromatic heterocycles. The number of rotatable bonds is 6. The van der Waals surface area contributed by atoms with Crippen LogP contribution in [0.1, 0.15) is 44.9 Å². The second-order valence-electron chi connectivity index (χ2n) is 4.63. The van der Waals surface area contributed by atoms with Crippen molar-refractivity contribution in [3.63, 3.8) is 0 Å². The number of nitrogens with zero attached hydrogens (tertiary/aromatic N) is 2. The predicted octanol–water partition coefficient (Wildman–Crippen LogP) is 1.74. The van der Waals surface area contributed by atoms with E-state index in [9.17, 15) is 4.79 Å². The Bertz CT molecular complexity index is 387. The molecule has 0 unspecified atom stereocenters. The van der Waals surface area contributed by atoms with Gasteiger partial charge in [-0.2, -0.15) is 4.37 Å². The summed E-state index contributed by atoms with van der Waals surface area (Å²) in [4.78, 5) is 15.8. The van der Waals surface area contributed by atoms with Gasteiger partial charge in [-0.3, -0.25) is 4.79 Å². The molecule has 1 amide bonds. The zero-order valence-electron chi connectivity index (χ0n) is 10.2. The first kappa shape index (κ1) is 12.3. The van der Waals surface area contributed by atoms with Crippen molar-refractivity contribution < 1.29 is 4.79 Å². The molecule has 1 aromatic rings. The number of hydrogen-bond acceptors (Lipinski definition) is 5. The third-order valence-corrected chi connectivity index (χ3v) is 3.15. The maximum absolute atomic E-state index is 11.4. The van der Waals surface area contributed by atoms with Crippen LogP contribution >= 0.6 is 11.5 Å². The summed E-state index contributed by atoms with van der Waals surface area (Å²) in [5.41, 5.74) is 0. The summed E-state index contributed by atoms with van der Waals surface area (Å²) < 4.78 is 4.29. The van der Waals surface area contributed by atoms with E-state index >= 15 is 0 Å². The van der Waals surface area contributed by atoms with Gasteiger partial charge in [-0.1, -0.05) is 0 Å². The van der Waals surface area contributed by atoms with Gasteiger partial charge in [0, 0.05) is 36.5 Å². The van der Waals surface area contributed by atoms with Gasteiger partial charge in [-0.25, -0.2) is 4.98 Å². The molecular formula is C11H18N4OS. The molecular weight excluding hydrogens is 236 g/mol. The molecule has 17 heavy (non-hydrogen) atoms. The molecule has 94 valence electrons. The number of carbonyl (C=O) groups is 1. The lowest BCUT2D eigenvalue weighted by atomic mass is 10.3. The lowest BCUT2D eigenvalue weighted by molar-refractivity contribution is -0.121. The largest absolute Gasteiger partial charge is 0.360 e. The number of aromatic nitrogens is 2. The molecule has 0 aromatic carbocycles. The van der Waals surface area contributed by atoms with Gasteiger partial charge in [0.1, 0.15) is 5.82 Å². The Morgan fingerprint density at radius 1 is 1.53 bits per heavy atom. The van der Waals surface area contributed by atoms with Crippen molar-refractivity contribution in [1.29, 1.82) is 0 Å². The third-order valence-electron chi connectivity index (χ3n) is 2.46. The highest BCUT2D eigenvalue weighted by Gasteiger charge is 2.27. The zero-order chi connectivity index (χ0) is 12.3. The Morgan fingerprint density at radius 2 is 2.29 bits per heavy atom. The van der Waals surface area contributed by atoms with Gasteiger partial charge in [0.2, 0.25) is 11.0 Å². The van der Waals surface area contributed by atoms with Crippen molar-refractivity contribution in [1.82, 2.24) is 14.7 Å². The van der Waals surface area contributed by atoms with E-state index < -0.39 is 0 Å². The minimum atomic E-state index is 0.0689. The second-order valence-corrected chi connectivity index (χ2v) is 5.38. The quantitative estimate of drug-likeness (QED) is 0.811. The standard InChI is InChI=1S/C11H18N4OS/c1-7(2)13-9(16)5-6-12-11-14-10(15-17-11)8-3-4-8/h7-8H,3-6H2,1-2H3,(H,13,16)(H,12,14,15). The Morgan fingerprint density at radius 3 is 2.94 bits per heavy atom. The van der Waals surface area contributed by atoms with Gasteiger partial charge in [0.15, 0.2) is 0 Å². The van der Waals surface area contributed by atoms with Crippen LogP contribution in [0.4, 0.5) is 5.13 Å². The second kappa shape index (κ2) is 5.44. The van der Waals surface area contributed by atoms with Crippen LogP contribution in [0.15, 0.2) is 0 Å². The zero-order valence-corrected chi connectivity index (χ0v) is 11.0. The molecule has 1 saturated carbocycles. The van der Waals surface area contributed by atoms with Crippen LogP contribution in [0, 0.1) is 0 Å². The van der Waals surface area contributed by atoms with E-state index in [-0.39, 0.29) is 11.9 Å². The topological polar surface area (TPSA) is 66.9 Å². The Hall–Kier alpha value is -1.17. The summed E-state index contributed by atoms with van der Waals surface area (Å²) in [5, 5.41) is 6.81. The molecule has 2 N–H and O–H groups in total. The Kier molecular flexibility index (Phi) is 3.93. The van der Waals surface area contributed by atoms with Crippen molar-refractivity contribution in [2.24, 2.45) is 0 Å². The fourth-order valence-electron chi connectivity index (χ4n) is 1.49. The van der Waals surface area contributed by atoms with Crippen LogP contribution in [0.3, 0.4) is 0 Å². The molecule has 0 aliphatic heterocycles. The minimum absolute atomic E-state index is 0.0689. The van der Waals surface area contributed by atoms with E-state index in [0.717, 1.165) is 11.0 Å². The summed E-state index contributed by atoms with van der Waals surface area (Å²) in [6.45, 7) is 4.52. The molecule has 0 saturated heterocycles. The van der Waals surface area contributed by atoms with Gasteiger partial charge in [-0.05, 0) is 26.7 Å². The molecule has 1 aliphatic carbocycles. The van der Waals surface area contributed by atoms with Crippen molar-refractivity contribution in [2.45, 2.75) is 45.1 Å². The normalized spacial score (nSPS) is 15.0. The minimum Gasteiger partial charge on any atom is -0.360 e. The van der Waals surface area contributed by atoms with Crippen molar-refractivity contribution in [3.8, 4) is 0 Å². The highest BCUT2D eigenvalue weighted by atomic mass is 32.1. The number of carbonyl (C=O) groups excluding carboxylic acids is 1. The van der Waals surface area contributed by atoms with Crippen LogP contribution < -0.4 is 10.6 Å². The molecule has 1 heterocycles. The molecule has 0 bridgehead atoms. The van der Waals surface area contributed by atoms with Gasteiger partial charge in [0.25, 0.3) is 0 Å². The van der Waals surface area contributed by atoms with Gasteiger partial charge in [0.05, 0.1) is 0 Å². The van der Waals surface area contributed by atoms with Crippen LogP contribution in [-0.4, -0.2) is 27.9 Å². The molecule has 1 aliphatic rings. The SMILES string of the molecule is CC(C)NC(=O)CCNc1nc(C2CC2)ns1. The molecule has 5 nitrogen and oxygen atoms in total. The molecule has 2 rings (SSSR count). The van der Waals surface area contributed by atoms with Crippen molar-refractivity contribution in [3.05, 3.63) is 5.82 Å². The van der Waals surface area contributed by atoms with E-state index in [4.69, 9.17) is 0 Å². The maximum Gasteiger partial charge on any atom is 0.221 e. The fourth-order valence-corrected chi connectivity index (χ4v) is 2.16. The number of hydrogen-bond donors (Lipinski definition) is 2. The number of anilines is 1. The van der Waals surface area contributed by atoms with E-state index in [1.807, 2.05) is 13.8 Å². The summed E-state index contributed by atoms with van der Waals surface area (Å²) in [5.74, 6) is 1.62. The molecule has 0 atom stereocenters. The summed E-state index contributed by atoms with van der Waals surface area (Å²) >= 11 is 1.38. The van der Waals surface area contributed by atoms with Gasteiger partial charge in [-0.15, -0.1) is 0 Å². The van der Waals surface area contributed by atoms with Crippen LogP contribution in [0.2, 0.25) is 0 Å². The fraction of sp³-hybridized carbons (Fsp3) is 0.727.